The molecular weight excluding hydrogens is 572 g/mol. The Morgan fingerprint density at radius 2 is 1.80 bits per heavy atom. The lowest BCUT2D eigenvalue weighted by Gasteiger charge is -2.34. The molecule has 2 amide bonds. The number of carbonyl (C=O) groups excluding carboxylic acids is 1. The van der Waals surface area contributed by atoms with E-state index in [4.69, 9.17) is 27.9 Å². The number of nitrogens with one attached hydrogen (secondary N) is 2. The molecule has 3 aromatic carbocycles. The zero-order chi connectivity index (χ0) is 27.9. The number of rotatable bonds is 10. The highest BCUT2D eigenvalue weighted by atomic mass is 35.5. The number of ether oxygens (including phenoxy) is 1. The van der Waals surface area contributed by atoms with E-state index in [-0.39, 0.29) is 17.7 Å². The third-order valence-corrected chi connectivity index (χ3v) is 8.46. The number of benzene rings is 3. The fourth-order valence-electron chi connectivity index (χ4n) is 4.60. The number of thiazole rings is 1. The molecule has 5 rings (SSSR count). The predicted octanol–water partition coefficient (Wildman–Crippen LogP) is 6.30. The van der Waals surface area contributed by atoms with Crippen LogP contribution in [0.1, 0.15) is 11.1 Å². The summed E-state index contributed by atoms with van der Waals surface area (Å²) in [4.78, 5) is 21.8. The molecule has 1 saturated heterocycles. The minimum atomic E-state index is -0.506. The van der Waals surface area contributed by atoms with Crippen LogP contribution in [0, 0.1) is 5.82 Å². The smallest absolute Gasteiger partial charge is 0.321 e. The number of urea groups is 1. The molecular formula is C29H30Cl2FN5O2S. The first-order valence-corrected chi connectivity index (χ1v) is 14.7. The first-order chi connectivity index (χ1) is 19.4. The minimum Gasteiger partial charge on any atom is -0.493 e. The molecule has 0 unspecified atom stereocenters. The maximum Gasteiger partial charge on any atom is 0.321 e. The second-order valence-electron chi connectivity index (χ2n) is 9.55. The highest BCUT2D eigenvalue weighted by Crippen LogP contribution is 2.30. The molecule has 2 N–H and O–H groups in total. The summed E-state index contributed by atoms with van der Waals surface area (Å²) in [5.41, 5.74) is 2.62. The maximum absolute atomic E-state index is 13.7. The molecule has 1 aromatic heterocycles. The molecule has 1 aliphatic rings. The summed E-state index contributed by atoms with van der Waals surface area (Å²) >= 11 is 13.6. The van der Waals surface area contributed by atoms with Crippen LogP contribution in [0.15, 0.2) is 60.7 Å². The molecule has 0 aliphatic carbocycles. The van der Waals surface area contributed by atoms with Crippen molar-refractivity contribution in [2.24, 2.45) is 0 Å². The summed E-state index contributed by atoms with van der Waals surface area (Å²) in [5, 5.41) is 6.70. The summed E-state index contributed by atoms with van der Waals surface area (Å²) in [5.74, 6) is 0.133. The largest absolute Gasteiger partial charge is 0.493 e. The number of nitrogens with zero attached hydrogens (tertiary/aromatic N) is 3. The highest BCUT2D eigenvalue weighted by molar-refractivity contribution is 7.22. The van der Waals surface area contributed by atoms with Gasteiger partial charge in [0.25, 0.3) is 0 Å². The Morgan fingerprint density at radius 3 is 2.60 bits per heavy atom. The lowest BCUT2D eigenvalue weighted by Crippen LogP contribution is -2.48. The fourth-order valence-corrected chi connectivity index (χ4v) is 6.05. The van der Waals surface area contributed by atoms with Crippen molar-refractivity contribution in [2.45, 2.75) is 13.0 Å². The molecule has 210 valence electrons. The van der Waals surface area contributed by atoms with Crippen molar-refractivity contribution in [1.82, 2.24) is 20.1 Å². The van der Waals surface area contributed by atoms with Gasteiger partial charge in [0, 0.05) is 57.3 Å². The monoisotopic (exact) mass is 601 g/mol. The first-order valence-electron chi connectivity index (χ1n) is 13.1. The predicted molar refractivity (Wildman–Crippen MR) is 160 cm³/mol. The topological polar surface area (TPSA) is 69.7 Å². The Hall–Kier alpha value is -2.95. The molecule has 2 heterocycles. The van der Waals surface area contributed by atoms with Crippen LogP contribution in [0.5, 0.6) is 5.75 Å². The van der Waals surface area contributed by atoms with Crippen LogP contribution >= 0.6 is 34.5 Å². The second-order valence-corrected chi connectivity index (χ2v) is 11.4. The third kappa shape index (κ3) is 7.62. The summed E-state index contributed by atoms with van der Waals surface area (Å²) < 4.78 is 20.4. The Labute approximate surface area is 246 Å². The SMILES string of the molecule is O=C(NCCN1CCN(Cc2ccccc2)CC1)Nc1nc2ccc(OCCc3c(Cl)ccc(F)c3Cl)cc2s1. The summed E-state index contributed by atoms with van der Waals surface area (Å²) in [6.45, 7) is 6.63. The number of piperazine rings is 1. The van der Waals surface area contributed by atoms with E-state index in [2.05, 4.69) is 49.7 Å². The lowest BCUT2D eigenvalue weighted by atomic mass is 10.1. The Balaban J connectivity index is 1.04. The van der Waals surface area contributed by atoms with Crippen LogP contribution in [0.3, 0.4) is 0 Å². The average molecular weight is 603 g/mol. The fraction of sp³-hybridized carbons (Fsp3) is 0.310. The molecule has 0 bridgehead atoms. The average Bonchev–Trinajstić information content (AvgIpc) is 3.35. The molecule has 11 heteroatoms. The number of hydrogen-bond acceptors (Lipinski definition) is 6. The van der Waals surface area contributed by atoms with Crippen molar-refractivity contribution >= 4 is 55.9 Å². The number of halogens is 3. The van der Waals surface area contributed by atoms with E-state index in [1.54, 1.807) is 6.07 Å². The van der Waals surface area contributed by atoms with Gasteiger partial charge in [-0.05, 0) is 41.5 Å². The van der Waals surface area contributed by atoms with E-state index < -0.39 is 5.82 Å². The summed E-state index contributed by atoms with van der Waals surface area (Å²) in [7, 11) is 0. The van der Waals surface area contributed by atoms with Crippen LogP contribution < -0.4 is 15.4 Å². The number of anilines is 1. The minimum absolute atomic E-state index is 0.0180. The standard InChI is InChI=1S/C29H30Cl2FN5O2S/c30-23-7-8-24(32)27(31)22(23)10-17-39-21-6-9-25-26(18-21)40-29(34-25)35-28(38)33-11-12-36-13-15-37(16-14-36)19-20-4-2-1-3-5-20/h1-9,18H,10-17,19H2,(H2,33,34,35,38). The van der Waals surface area contributed by atoms with E-state index in [0.29, 0.717) is 34.4 Å². The molecule has 7 nitrogen and oxygen atoms in total. The number of hydrogen-bond donors (Lipinski definition) is 2. The quantitative estimate of drug-likeness (QED) is 0.209. The Kier molecular flexibility index (Phi) is 9.72. The van der Waals surface area contributed by atoms with Crippen molar-refractivity contribution < 1.29 is 13.9 Å². The van der Waals surface area contributed by atoms with Crippen molar-refractivity contribution in [2.75, 3.05) is 51.2 Å². The van der Waals surface area contributed by atoms with Gasteiger partial charge in [0.05, 0.1) is 21.8 Å². The van der Waals surface area contributed by atoms with Gasteiger partial charge in [-0.1, -0.05) is 64.9 Å². The van der Waals surface area contributed by atoms with Gasteiger partial charge in [-0.2, -0.15) is 0 Å². The van der Waals surface area contributed by atoms with E-state index >= 15 is 0 Å². The number of aromatic nitrogens is 1. The number of carbonyl (C=O) groups is 1. The van der Waals surface area contributed by atoms with Gasteiger partial charge in [-0.25, -0.2) is 14.2 Å². The van der Waals surface area contributed by atoms with Gasteiger partial charge in [0.15, 0.2) is 5.13 Å². The Bertz CT molecular complexity index is 1450. The van der Waals surface area contributed by atoms with Crippen LogP contribution in [-0.2, 0) is 13.0 Å². The van der Waals surface area contributed by atoms with E-state index in [9.17, 15) is 9.18 Å². The van der Waals surface area contributed by atoms with Crippen molar-refractivity contribution in [3.05, 3.63) is 87.7 Å². The molecule has 4 aromatic rings. The number of fused-ring (bicyclic) bond motifs is 1. The molecule has 1 aliphatic heterocycles. The summed E-state index contributed by atoms with van der Waals surface area (Å²) in [6.07, 6.45) is 0.368. The number of amides is 2. The van der Waals surface area contributed by atoms with Crippen LogP contribution in [0.4, 0.5) is 14.3 Å². The molecule has 0 radical (unpaired) electrons. The lowest BCUT2D eigenvalue weighted by molar-refractivity contribution is 0.128. The zero-order valence-electron chi connectivity index (χ0n) is 21.8. The van der Waals surface area contributed by atoms with E-state index in [0.717, 1.165) is 49.5 Å². The van der Waals surface area contributed by atoms with Crippen LogP contribution in [0.2, 0.25) is 10.0 Å². The van der Waals surface area contributed by atoms with E-state index in [1.807, 2.05) is 18.2 Å². The zero-order valence-corrected chi connectivity index (χ0v) is 24.2. The highest BCUT2D eigenvalue weighted by Gasteiger charge is 2.17. The van der Waals surface area contributed by atoms with Crippen molar-refractivity contribution in [3.8, 4) is 5.75 Å². The molecule has 0 spiro atoms. The van der Waals surface area contributed by atoms with Crippen LogP contribution in [-0.4, -0.2) is 66.7 Å². The molecule has 1 fully saturated rings. The van der Waals surface area contributed by atoms with Gasteiger partial charge in [-0.3, -0.25) is 15.1 Å². The van der Waals surface area contributed by atoms with Gasteiger partial charge in [-0.15, -0.1) is 0 Å². The second kappa shape index (κ2) is 13.6. The molecule has 0 atom stereocenters. The molecule has 40 heavy (non-hydrogen) atoms. The van der Waals surface area contributed by atoms with Gasteiger partial charge >= 0.3 is 6.03 Å². The van der Waals surface area contributed by atoms with Crippen molar-refractivity contribution in [1.29, 1.82) is 0 Å². The normalized spacial score (nSPS) is 14.4. The van der Waals surface area contributed by atoms with E-state index in [1.165, 1.54) is 29.0 Å². The van der Waals surface area contributed by atoms with Crippen molar-refractivity contribution in [3.63, 3.8) is 0 Å². The maximum atomic E-state index is 13.7. The van der Waals surface area contributed by atoms with Gasteiger partial charge in [0.1, 0.15) is 11.6 Å². The summed E-state index contributed by atoms with van der Waals surface area (Å²) in [6, 6.07) is 18.5. The molecule has 0 saturated carbocycles. The van der Waals surface area contributed by atoms with Crippen LogP contribution in [0.25, 0.3) is 10.2 Å². The third-order valence-electron chi connectivity index (χ3n) is 6.77. The Morgan fingerprint density at radius 1 is 1.02 bits per heavy atom. The first kappa shape index (κ1) is 28.6. The van der Waals surface area contributed by atoms with Gasteiger partial charge in [0.2, 0.25) is 0 Å². The van der Waals surface area contributed by atoms with Gasteiger partial charge < -0.3 is 10.1 Å².